The second-order valence-corrected chi connectivity index (χ2v) is 5.95. The molecule has 1 N–H and O–H groups in total. The monoisotopic (exact) mass is 277 g/mol. The third-order valence-electron chi connectivity index (χ3n) is 3.42. The van der Waals surface area contributed by atoms with E-state index in [9.17, 15) is 0 Å². The van der Waals surface area contributed by atoms with Gasteiger partial charge in [0.2, 0.25) is 11.8 Å². The quantitative estimate of drug-likeness (QED) is 0.906. The van der Waals surface area contributed by atoms with Crippen molar-refractivity contribution in [2.45, 2.75) is 45.6 Å². The minimum absolute atomic E-state index is 0.345. The van der Waals surface area contributed by atoms with E-state index in [1.807, 2.05) is 6.92 Å². The highest BCUT2D eigenvalue weighted by molar-refractivity contribution is 7.18. The lowest BCUT2D eigenvalue weighted by Gasteiger charge is -2.26. The molecule has 2 aromatic heterocycles. The van der Waals surface area contributed by atoms with Crippen LogP contribution in [-0.4, -0.2) is 22.6 Å². The summed E-state index contributed by atoms with van der Waals surface area (Å²) in [7, 11) is 0. The summed E-state index contributed by atoms with van der Waals surface area (Å²) in [6.07, 6.45) is 4.93. The predicted octanol–water partition coefficient (Wildman–Crippen LogP) is 3.62. The molecule has 0 atom stereocenters. The highest BCUT2D eigenvalue weighted by atomic mass is 32.1. The van der Waals surface area contributed by atoms with Gasteiger partial charge in [-0.05, 0) is 38.7 Å². The zero-order valence-corrected chi connectivity index (χ0v) is 12.2. The number of aryl methyl sites for hydroxylation is 1. The van der Waals surface area contributed by atoms with Crippen LogP contribution in [0.2, 0.25) is 0 Å². The van der Waals surface area contributed by atoms with Gasteiger partial charge < -0.3 is 10.1 Å². The van der Waals surface area contributed by atoms with Gasteiger partial charge in [0.15, 0.2) is 0 Å². The number of nitrogens with zero attached hydrogens (tertiary/aromatic N) is 2. The summed E-state index contributed by atoms with van der Waals surface area (Å²) in [5.74, 6) is 1.43. The van der Waals surface area contributed by atoms with Crippen LogP contribution < -0.4 is 10.1 Å². The van der Waals surface area contributed by atoms with E-state index in [1.54, 1.807) is 11.3 Å². The van der Waals surface area contributed by atoms with E-state index in [1.165, 1.54) is 11.3 Å². The molecule has 0 amide bonds. The average molecular weight is 277 g/mol. The molecular formula is C14H19N3OS. The maximum absolute atomic E-state index is 6.02. The van der Waals surface area contributed by atoms with Gasteiger partial charge in [-0.3, -0.25) is 0 Å². The van der Waals surface area contributed by atoms with Crippen molar-refractivity contribution in [1.82, 2.24) is 9.97 Å². The predicted molar refractivity (Wildman–Crippen MR) is 79.2 cm³/mol. The number of fused-ring (bicyclic) bond motifs is 1. The summed E-state index contributed by atoms with van der Waals surface area (Å²) < 4.78 is 6.02. The molecule has 3 rings (SSSR count). The van der Waals surface area contributed by atoms with Crippen molar-refractivity contribution < 1.29 is 4.74 Å². The molecule has 1 saturated carbocycles. The van der Waals surface area contributed by atoms with E-state index in [-0.39, 0.29) is 0 Å². The fourth-order valence-electron chi connectivity index (χ4n) is 2.09. The van der Waals surface area contributed by atoms with Gasteiger partial charge >= 0.3 is 0 Å². The molecule has 5 heteroatoms. The standard InChI is InChI=1S/C14H19N3OS/c1-3-10-8-11-12(18-9-6-5-7-9)16-14(15-4-2)17-13(11)19-10/h8-9H,3-7H2,1-2H3,(H,15,16,17). The van der Waals surface area contributed by atoms with Gasteiger partial charge in [-0.15, -0.1) is 11.3 Å². The lowest BCUT2D eigenvalue weighted by molar-refractivity contribution is 0.117. The average Bonchev–Trinajstić information content (AvgIpc) is 2.77. The maximum atomic E-state index is 6.02. The van der Waals surface area contributed by atoms with Crippen LogP contribution in [0.15, 0.2) is 6.07 Å². The van der Waals surface area contributed by atoms with Gasteiger partial charge in [-0.1, -0.05) is 6.92 Å². The fourth-order valence-corrected chi connectivity index (χ4v) is 3.05. The lowest BCUT2D eigenvalue weighted by Crippen LogP contribution is -2.25. The lowest BCUT2D eigenvalue weighted by atomic mass is 9.96. The molecule has 0 aromatic carbocycles. The maximum Gasteiger partial charge on any atom is 0.227 e. The first-order valence-corrected chi connectivity index (χ1v) is 7.82. The van der Waals surface area contributed by atoms with Gasteiger partial charge in [0.05, 0.1) is 5.39 Å². The number of rotatable bonds is 5. The number of hydrogen-bond donors (Lipinski definition) is 1. The minimum atomic E-state index is 0.345. The SMILES string of the molecule is CCNc1nc(OC2CCC2)c2cc(CC)sc2n1. The molecule has 1 fully saturated rings. The molecule has 2 aromatic rings. The molecule has 1 aliphatic rings. The van der Waals surface area contributed by atoms with E-state index in [0.717, 1.165) is 41.9 Å². The molecule has 102 valence electrons. The van der Waals surface area contributed by atoms with Crippen LogP contribution in [-0.2, 0) is 6.42 Å². The van der Waals surface area contributed by atoms with Gasteiger partial charge in [-0.25, -0.2) is 4.98 Å². The minimum Gasteiger partial charge on any atom is -0.474 e. The highest BCUT2D eigenvalue weighted by Gasteiger charge is 2.22. The molecule has 0 unspecified atom stereocenters. The zero-order valence-electron chi connectivity index (χ0n) is 11.4. The summed E-state index contributed by atoms with van der Waals surface area (Å²) in [6, 6.07) is 2.17. The number of ether oxygens (including phenoxy) is 1. The Kier molecular flexibility index (Phi) is 3.55. The van der Waals surface area contributed by atoms with E-state index >= 15 is 0 Å². The Bertz CT molecular complexity index is 577. The molecule has 0 aliphatic heterocycles. The van der Waals surface area contributed by atoms with Crippen molar-refractivity contribution in [2.75, 3.05) is 11.9 Å². The topological polar surface area (TPSA) is 47.0 Å². The van der Waals surface area contributed by atoms with Crippen LogP contribution in [0, 0.1) is 0 Å². The summed E-state index contributed by atoms with van der Waals surface area (Å²) >= 11 is 1.73. The fraction of sp³-hybridized carbons (Fsp3) is 0.571. The summed E-state index contributed by atoms with van der Waals surface area (Å²) in [4.78, 5) is 11.4. The summed E-state index contributed by atoms with van der Waals surface area (Å²) in [5, 5.41) is 4.25. The third kappa shape index (κ3) is 2.52. The number of thiophene rings is 1. The smallest absolute Gasteiger partial charge is 0.227 e. The van der Waals surface area contributed by atoms with Gasteiger partial charge in [0.1, 0.15) is 10.9 Å². The van der Waals surface area contributed by atoms with Crippen molar-refractivity contribution in [2.24, 2.45) is 0 Å². The first kappa shape index (κ1) is 12.7. The molecule has 2 heterocycles. The Balaban J connectivity index is 2.00. The van der Waals surface area contributed by atoms with Gasteiger partial charge in [0.25, 0.3) is 0 Å². The molecule has 4 nitrogen and oxygen atoms in total. The highest BCUT2D eigenvalue weighted by Crippen LogP contribution is 2.34. The van der Waals surface area contributed by atoms with Crippen molar-refractivity contribution in [3.8, 4) is 5.88 Å². The number of aromatic nitrogens is 2. The Morgan fingerprint density at radius 2 is 2.21 bits per heavy atom. The van der Waals surface area contributed by atoms with Crippen LogP contribution in [0.5, 0.6) is 5.88 Å². The van der Waals surface area contributed by atoms with Crippen molar-refractivity contribution >= 4 is 27.5 Å². The molecular weight excluding hydrogens is 258 g/mol. The zero-order chi connectivity index (χ0) is 13.2. The molecule has 1 aliphatic carbocycles. The Hall–Kier alpha value is -1.36. The first-order valence-electron chi connectivity index (χ1n) is 7.01. The number of nitrogens with one attached hydrogen (secondary N) is 1. The van der Waals surface area contributed by atoms with Crippen molar-refractivity contribution in [3.63, 3.8) is 0 Å². The van der Waals surface area contributed by atoms with Crippen LogP contribution in [0.1, 0.15) is 38.0 Å². The third-order valence-corrected chi connectivity index (χ3v) is 4.60. The molecule has 0 bridgehead atoms. The summed E-state index contributed by atoms with van der Waals surface area (Å²) in [6.45, 7) is 5.03. The van der Waals surface area contributed by atoms with Crippen LogP contribution in [0.25, 0.3) is 10.2 Å². The normalized spacial score (nSPS) is 15.5. The van der Waals surface area contributed by atoms with Crippen LogP contribution in [0.3, 0.4) is 0 Å². The van der Waals surface area contributed by atoms with E-state index in [0.29, 0.717) is 12.1 Å². The second-order valence-electron chi connectivity index (χ2n) is 4.84. The van der Waals surface area contributed by atoms with Crippen molar-refractivity contribution in [1.29, 1.82) is 0 Å². The number of hydrogen-bond acceptors (Lipinski definition) is 5. The molecule has 19 heavy (non-hydrogen) atoms. The first-order chi connectivity index (χ1) is 9.30. The van der Waals surface area contributed by atoms with Gasteiger partial charge in [0, 0.05) is 11.4 Å². The Morgan fingerprint density at radius 3 is 2.84 bits per heavy atom. The van der Waals surface area contributed by atoms with E-state index in [2.05, 4.69) is 28.3 Å². The van der Waals surface area contributed by atoms with Crippen molar-refractivity contribution in [3.05, 3.63) is 10.9 Å². The summed E-state index contributed by atoms with van der Waals surface area (Å²) in [5.41, 5.74) is 0. The Labute approximate surface area is 117 Å². The van der Waals surface area contributed by atoms with Gasteiger partial charge in [-0.2, -0.15) is 4.98 Å². The second kappa shape index (κ2) is 5.33. The van der Waals surface area contributed by atoms with E-state index in [4.69, 9.17) is 4.74 Å². The molecule has 0 saturated heterocycles. The molecule has 0 radical (unpaired) electrons. The van der Waals surface area contributed by atoms with E-state index < -0.39 is 0 Å². The van der Waals surface area contributed by atoms with Crippen LogP contribution in [0.4, 0.5) is 5.95 Å². The van der Waals surface area contributed by atoms with Crippen LogP contribution >= 0.6 is 11.3 Å². The number of anilines is 1. The molecule has 0 spiro atoms. The largest absolute Gasteiger partial charge is 0.474 e. The Morgan fingerprint density at radius 1 is 1.37 bits per heavy atom.